The van der Waals surface area contributed by atoms with Crippen LogP contribution in [0.3, 0.4) is 0 Å². The smallest absolute Gasteiger partial charge is 0.261 e. The number of rotatable bonds is 3. The molecule has 3 rings (SSSR count). The molecule has 1 aliphatic heterocycles. The van der Waals surface area contributed by atoms with Crippen molar-refractivity contribution in [3.05, 3.63) is 65.2 Å². The van der Waals surface area contributed by atoms with Gasteiger partial charge in [-0.2, -0.15) is 0 Å². The molecule has 0 radical (unpaired) electrons. The lowest BCUT2D eigenvalue weighted by molar-refractivity contribution is -0.127. The molecule has 1 amide bonds. The van der Waals surface area contributed by atoms with Gasteiger partial charge < -0.3 is 10.1 Å². The van der Waals surface area contributed by atoms with Gasteiger partial charge in [0, 0.05) is 13.0 Å². The van der Waals surface area contributed by atoms with E-state index in [9.17, 15) is 4.79 Å². The number of ether oxygens (including phenoxy) is 1. The first-order valence-electron chi connectivity index (χ1n) is 6.81. The summed E-state index contributed by atoms with van der Waals surface area (Å²) in [7, 11) is 0. The molecule has 20 heavy (non-hydrogen) atoms. The van der Waals surface area contributed by atoms with Crippen molar-refractivity contribution < 1.29 is 9.53 Å². The Labute approximate surface area is 118 Å². The third-order valence-corrected chi connectivity index (χ3v) is 3.65. The molecule has 102 valence electrons. The molecule has 0 aromatic heterocycles. The lowest BCUT2D eigenvalue weighted by atomic mass is 10.1. The summed E-state index contributed by atoms with van der Waals surface area (Å²) in [6.45, 7) is 2.59. The van der Waals surface area contributed by atoms with Crippen molar-refractivity contribution >= 4 is 5.91 Å². The second kappa shape index (κ2) is 5.37. The average Bonchev–Trinajstić information content (AvgIpc) is 2.90. The van der Waals surface area contributed by atoms with E-state index in [1.807, 2.05) is 55.5 Å². The molecule has 2 aromatic rings. The highest BCUT2D eigenvalue weighted by atomic mass is 16.5. The highest BCUT2D eigenvalue weighted by molar-refractivity contribution is 5.82. The van der Waals surface area contributed by atoms with Gasteiger partial charge in [0.15, 0.2) is 6.10 Å². The van der Waals surface area contributed by atoms with E-state index in [1.165, 1.54) is 5.56 Å². The molecule has 0 spiro atoms. The molecule has 2 aromatic carbocycles. The summed E-state index contributed by atoms with van der Waals surface area (Å²) < 4.78 is 5.68. The predicted molar refractivity (Wildman–Crippen MR) is 77.6 cm³/mol. The summed E-state index contributed by atoms with van der Waals surface area (Å²) in [5.41, 5.74) is 3.42. The van der Waals surface area contributed by atoms with Crippen LogP contribution in [0.1, 0.15) is 16.7 Å². The number of para-hydroxylation sites is 1. The number of hydrogen-bond acceptors (Lipinski definition) is 2. The van der Waals surface area contributed by atoms with E-state index in [0.29, 0.717) is 13.0 Å². The lowest BCUT2D eigenvalue weighted by Gasteiger charge is -2.12. The molecular formula is C17H17NO2. The summed E-state index contributed by atoms with van der Waals surface area (Å²) in [5, 5.41) is 2.95. The largest absolute Gasteiger partial charge is 0.480 e. The van der Waals surface area contributed by atoms with E-state index in [1.54, 1.807) is 0 Å². The quantitative estimate of drug-likeness (QED) is 0.928. The van der Waals surface area contributed by atoms with Gasteiger partial charge in [-0.1, -0.05) is 42.5 Å². The molecule has 1 heterocycles. The number of nitrogens with one attached hydrogen (secondary N) is 1. The van der Waals surface area contributed by atoms with Gasteiger partial charge in [-0.05, 0) is 29.7 Å². The summed E-state index contributed by atoms with van der Waals surface area (Å²) >= 11 is 0. The van der Waals surface area contributed by atoms with Crippen LogP contribution in [0.2, 0.25) is 0 Å². The van der Waals surface area contributed by atoms with Crippen LogP contribution in [0, 0.1) is 6.92 Å². The molecule has 0 saturated heterocycles. The van der Waals surface area contributed by atoms with Crippen molar-refractivity contribution in [2.45, 2.75) is 26.0 Å². The second-order valence-electron chi connectivity index (χ2n) is 5.06. The summed E-state index contributed by atoms with van der Waals surface area (Å²) in [5.74, 6) is 0.771. The van der Waals surface area contributed by atoms with Gasteiger partial charge in [0.25, 0.3) is 5.91 Å². The Hall–Kier alpha value is -2.29. The number of fused-ring (bicyclic) bond motifs is 1. The van der Waals surface area contributed by atoms with Gasteiger partial charge in [0.2, 0.25) is 0 Å². The lowest BCUT2D eigenvalue weighted by Crippen LogP contribution is -2.37. The van der Waals surface area contributed by atoms with E-state index in [2.05, 4.69) is 5.32 Å². The molecule has 1 N–H and O–H groups in total. The molecule has 1 unspecified atom stereocenters. The Morgan fingerprint density at radius 3 is 2.75 bits per heavy atom. The van der Waals surface area contributed by atoms with Gasteiger partial charge in [0.1, 0.15) is 5.75 Å². The summed E-state index contributed by atoms with van der Waals surface area (Å²) in [6, 6.07) is 15.9. The predicted octanol–water partition coefficient (Wildman–Crippen LogP) is 2.61. The Kier molecular flexibility index (Phi) is 3.42. The first-order valence-corrected chi connectivity index (χ1v) is 6.81. The minimum Gasteiger partial charge on any atom is -0.480 e. The van der Waals surface area contributed by atoms with Gasteiger partial charge in [-0.15, -0.1) is 0 Å². The van der Waals surface area contributed by atoms with Gasteiger partial charge in [-0.3, -0.25) is 4.79 Å². The van der Waals surface area contributed by atoms with Crippen molar-refractivity contribution in [2.75, 3.05) is 0 Å². The fraction of sp³-hybridized carbons (Fsp3) is 0.235. The fourth-order valence-electron chi connectivity index (χ4n) is 2.43. The molecule has 0 saturated carbocycles. The Balaban J connectivity index is 1.61. The molecule has 0 fully saturated rings. The van der Waals surface area contributed by atoms with Crippen LogP contribution in [-0.2, 0) is 17.8 Å². The highest BCUT2D eigenvalue weighted by Gasteiger charge is 2.28. The Morgan fingerprint density at radius 1 is 1.20 bits per heavy atom. The molecule has 1 aliphatic rings. The normalized spacial score (nSPS) is 16.4. The van der Waals surface area contributed by atoms with Gasteiger partial charge in [-0.25, -0.2) is 0 Å². The third-order valence-electron chi connectivity index (χ3n) is 3.65. The van der Waals surface area contributed by atoms with Crippen LogP contribution in [0.15, 0.2) is 48.5 Å². The van der Waals surface area contributed by atoms with E-state index >= 15 is 0 Å². The van der Waals surface area contributed by atoms with E-state index in [-0.39, 0.29) is 5.91 Å². The van der Waals surface area contributed by atoms with Crippen LogP contribution >= 0.6 is 0 Å². The van der Waals surface area contributed by atoms with Gasteiger partial charge >= 0.3 is 0 Å². The number of aryl methyl sites for hydroxylation is 1. The highest BCUT2D eigenvalue weighted by Crippen LogP contribution is 2.28. The monoisotopic (exact) mass is 267 g/mol. The Morgan fingerprint density at radius 2 is 1.95 bits per heavy atom. The topological polar surface area (TPSA) is 38.3 Å². The van der Waals surface area contributed by atoms with Crippen molar-refractivity contribution in [1.29, 1.82) is 0 Å². The van der Waals surface area contributed by atoms with Crippen LogP contribution in [0.5, 0.6) is 5.75 Å². The number of carbonyl (C=O) groups is 1. The maximum atomic E-state index is 12.2. The molecule has 3 nitrogen and oxygen atoms in total. The standard InChI is InChI=1S/C17H17NO2/c1-12-6-2-3-8-14(12)11-18-17(19)16-10-13-7-4-5-9-15(13)20-16/h2-9,16H,10-11H2,1H3,(H,18,19). The summed E-state index contributed by atoms with van der Waals surface area (Å²) in [4.78, 5) is 12.2. The van der Waals surface area contributed by atoms with Crippen molar-refractivity contribution in [3.63, 3.8) is 0 Å². The number of hydrogen-bond donors (Lipinski definition) is 1. The molecule has 0 bridgehead atoms. The molecule has 3 heteroatoms. The van der Waals surface area contributed by atoms with Crippen LogP contribution < -0.4 is 10.1 Å². The van der Waals surface area contributed by atoms with Crippen molar-refractivity contribution in [3.8, 4) is 5.75 Å². The Bertz CT molecular complexity index is 611. The number of benzene rings is 2. The fourth-order valence-corrected chi connectivity index (χ4v) is 2.43. The summed E-state index contributed by atoms with van der Waals surface area (Å²) in [6.07, 6.45) is 0.242. The zero-order valence-corrected chi connectivity index (χ0v) is 11.4. The zero-order valence-electron chi connectivity index (χ0n) is 11.4. The minimum absolute atomic E-state index is 0.0514. The maximum Gasteiger partial charge on any atom is 0.261 e. The van der Waals surface area contributed by atoms with Crippen LogP contribution in [0.25, 0.3) is 0 Å². The third kappa shape index (κ3) is 2.52. The van der Waals surface area contributed by atoms with Crippen molar-refractivity contribution in [2.24, 2.45) is 0 Å². The average molecular weight is 267 g/mol. The number of amides is 1. The minimum atomic E-state index is -0.406. The van der Waals surface area contributed by atoms with Crippen LogP contribution in [0.4, 0.5) is 0 Å². The molecule has 0 aliphatic carbocycles. The maximum absolute atomic E-state index is 12.2. The molecular weight excluding hydrogens is 250 g/mol. The van der Waals surface area contributed by atoms with Crippen molar-refractivity contribution in [1.82, 2.24) is 5.32 Å². The van der Waals surface area contributed by atoms with Gasteiger partial charge in [0.05, 0.1) is 0 Å². The second-order valence-corrected chi connectivity index (χ2v) is 5.06. The zero-order chi connectivity index (χ0) is 13.9. The van der Waals surface area contributed by atoms with E-state index in [0.717, 1.165) is 16.9 Å². The van der Waals surface area contributed by atoms with E-state index in [4.69, 9.17) is 4.74 Å². The van der Waals surface area contributed by atoms with Crippen LogP contribution in [-0.4, -0.2) is 12.0 Å². The van der Waals surface area contributed by atoms with E-state index < -0.39 is 6.10 Å². The molecule has 1 atom stereocenters. The number of carbonyl (C=O) groups excluding carboxylic acids is 1. The first-order chi connectivity index (χ1) is 9.74. The SMILES string of the molecule is Cc1ccccc1CNC(=O)C1Cc2ccccc2O1. The first kappa shape index (κ1) is 12.7.